The topological polar surface area (TPSA) is 34.1 Å². The number of nitrogens with one attached hydrogen (secondary N) is 1. The molecule has 1 aromatic rings. The minimum atomic E-state index is 0.335. The smallest absolute Gasteiger partial charge is 0.213 e. The van der Waals surface area contributed by atoms with Crippen molar-refractivity contribution in [1.29, 1.82) is 0 Å². The number of nitrogens with zero attached hydrogens (tertiary/aromatic N) is 1. The van der Waals surface area contributed by atoms with E-state index in [1.165, 1.54) is 5.56 Å². The fourth-order valence-electron chi connectivity index (χ4n) is 1.22. The molecule has 0 amide bonds. The second-order valence-electron chi connectivity index (χ2n) is 3.64. The number of unbranched alkanes of at least 4 members (excludes halogenated alkanes) is 1. The van der Waals surface area contributed by atoms with E-state index in [-0.39, 0.29) is 0 Å². The highest BCUT2D eigenvalue weighted by molar-refractivity contribution is 5.20. The molecule has 0 saturated carbocycles. The third-order valence-corrected chi connectivity index (χ3v) is 2.44. The van der Waals surface area contributed by atoms with Crippen molar-refractivity contribution in [3.8, 4) is 5.88 Å². The lowest BCUT2D eigenvalue weighted by Gasteiger charge is -2.10. The molecule has 1 rings (SSSR count). The Labute approximate surface area is 91.9 Å². The Morgan fingerprint density at radius 2 is 2.27 bits per heavy atom. The van der Waals surface area contributed by atoms with Gasteiger partial charge in [0.2, 0.25) is 5.88 Å². The summed E-state index contributed by atoms with van der Waals surface area (Å²) in [6.07, 6.45) is 4.09. The van der Waals surface area contributed by atoms with E-state index in [1.54, 1.807) is 0 Å². The van der Waals surface area contributed by atoms with E-state index in [9.17, 15) is 0 Å². The van der Waals surface area contributed by atoms with Gasteiger partial charge in [-0.25, -0.2) is 4.98 Å². The number of aromatic nitrogens is 1. The van der Waals surface area contributed by atoms with Gasteiger partial charge in [0.05, 0.1) is 6.61 Å². The SMILES string of the molecule is CCCCOc1ccc(C(C)NC)cn1. The Kier molecular flexibility index (Phi) is 5.12. The zero-order valence-corrected chi connectivity index (χ0v) is 9.79. The Morgan fingerprint density at radius 1 is 1.47 bits per heavy atom. The van der Waals surface area contributed by atoms with Gasteiger partial charge in [-0.05, 0) is 26.0 Å². The van der Waals surface area contributed by atoms with E-state index >= 15 is 0 Å². The first-order valence-corrected chi connectivity index (χ1v) is 5.54. The van der Waals surface area contributed by atoms with Crippen LogP contribution in [0, 0.1) is 0 Å². The Morgan fingerprint density at radius 3 is 2.80 bits per heavy atom. The molecule has 0 saturated heterocycles. The lowest BCUT2D eigenvalue weighted by Crippen LogP contribution is -2.12. The fourth-order valence-corrected chi connectivity index (χ4v) is 1.22. The van der Waals surface area contributed by atoms with Crippen LogP contribution >= 0.6 is 0 Å². The van der Waals surface area contributed by atoms with Gasteiger partial charge in [0.15, 0.2) is 0 Å². The van der Waals surface area contributed by atoms with Crippen LogP contribution in [0.1, 0.15) is 38.3 Å². The first-order valence-electron chi connectivity index (χ1n) is 5.54. The lowest BCUT2D eigenvalue weighted by atomic mass is 10.1. The lowest BCUT2D eigenvalue weighted by molar-refractivity contribution is 0.297. The summed E-state index contributed by atoms with van der Waals surface area (Å²) in [6.45, 7) is 5.01. The van der Waals surface area contributed by atoms with E-state index in [0.717, 1.165) is 25.3 Å². The van der Waals surface area contributed by atoms with Crippen molar-refractivity contribution in [2.45, 2.75) is 32.7 Å². The predicted octanol–water partition coefficient (Wildman–Crippen LogP) is 2.54. The zero-order chi connectivity index (χ0) is 11.1. The molecule has 0 aromatic carbocycles. The third kappa shape index (κ3) is 3.88. The molecule has 1 N–H and O–H groups in total. The minimum absolute atomic E-state index is 0.335. The number of hydrogen-bond donors (Lipinski definition) is 1. The van der Waals surface area contributed by atoms with Crippen LogP contribution in [-0.2, 0) is 0 Å². The van der Waals surface area contributed by atoms with Crippen LogP contribution in [0.4, 0.5) is 0 Å². The first kappa shape index (κ1) is 12.0. The van der Waals surface area contributed by atoms with Gasteiger partial charge < -0.3 is 10.1 Å². The molecule has 0 aliphatic heterocycles. The Hall–Kier alpha value is -1.09. The van der Waals surface area contributed by atoms with Gasteiger partial charge in [-0.3, -0.25) is 0 Å². The zero-order valence-electron chi connectivity index (χ0n) is 9.79. The second kappa shape index (κ2) is 6.40. The molecule has 0 aliphatic carbocycles. The van der Waals surface area contributed by atoms with Crippen LogP contribution in [0.15, 0.2) is 18.3 Å². The standard InChI is InChI=1S/C12H20N2O/c1-4-5-8-15-12-7-6-11(9-14-12)10(2)13-3/h6-7,9-10,13H,4-5,8H2,1-3H3. The number of hydrogen-bond acceptors (Lipinski definition) is 3. The van der Waals surface area contributed by atoms with Crippen LogP contribution in [0.25, 0.3) is 0 Å². The van der Waals surface area contributed by atoms with Crippen LogP contribution < -0.4 is 10.1 Å². The number of pyridine rings is 1. The molecule has 1 heterocycles. The van der Waals surface area contributed by atoms with E-state index in [4.69, 9.17) is 4.74 Å². The van der Waals surface area contributed by atoms with E-state index in [1.807, 2.05) is 19.3 Å². The van der Waals surface area contributed by atoms with Crippen molar-refractivity contribution < 1.29 is 4.74 Å². The maximum absolute atomic E-state index is 5.48. The molecule has 1 unspecified atom stereocenters. The summed E-state index contributed by atoms with van der Waals surface area (Å²) in [4.78, 5) is 4.26. The van der Waals surface area contributed by atoms with Crippen molar-refractivity contribution in [2.75, 3.05) is 13.7 Å². The van der Waals surface area contributed by atoms with Crippen molar-refractivity contribution in [3.63, 3.8) is 0 Å². The first-order chi connectivity index (χ1) is 7.27. The molecule has 0 bridgehead atoms. The van der Waals surface area contributed by atoms with E-state index < -0.39 is 0 Å². The molecule has 1 atom stereocenters. The molecule has 3 heteroatoms. The summed E-state index contributed by atoms with van der Waals surface area (Å²) < 4.78 is 5.48. The summed E-state index contributed by atoms with van der Waals surface area (Å²) in [7, 11) is 1.94. The average Bonchev–Trinajstić information content (AvgIpc) is 2.29. The summed E-state index contributed by atoms with van der Waals surface area (Å²) in [5, 5.41) is 3.17. The highest BCUT2D eigenvalue weighted by atomic mass is 16.5. The van der Waals surface area contributed by atoms with Gasteiger partial charge in [-0.1, -0.05) is 19.4 Å². The normalized spacial score (nSPS) is 12.5. The molecule has 0 radical (unpaired) electrons. The molecule has 0 fully saturated rings. The van der Waals surface area contributed by atoms with Crippen LogP contribution in [0.5, 0.6) is 5.88 Å². The number of ether oxygens (including phenoxy) is 1. The van der Waals surface area contributed by atoms with E-state index in [2.05, 4.69) is 30.2 Å². The fraction of sp³-hybridized carbons (Fsp3) is 0.583. The molecule has 15 heavy (non-hydrogen) atoms. The van der Waals surface area contributed by atoms with Gasteiger partial charge >= 0.3 is 0 Å². The van der Waals surface area contributed by atoms with Gasteiger partial charge in [0, 0.05) is 18.3 Å². The summed E-state index contributed by atoms with van der Waals surface area (Å²) in [6, 6.07) is 4.32. The van der Waals surface area contributed by atoms with Gasteiger partial charge in [0.25, 0.3) is 0 Å². The van der Waals surface area contributed by atoms with E-state index in [0.29, 0.717) is 6.04 Å². The Bertz CT molecular complexity index is 271. The highest BCUT2D eigenvalue weighted by Crippen LogP contribution is 2.14. The minimum Gasteiger partial charge on any atom is -0.478 e. The molecule has 0 aliphatic rings. The maximum Gasteiger partial charge on any atom is 0.213 e. The molecule has 3 nitrogen and oxygen atoms in total. The maximum atomic E-state index is 5.48. The molecular weight excluding hydrogens is 188 g/mol. The molecule has 0 spiro atoms. The summed E-state index contributed by atoms with van der Waals surface area (Å²) >= 11 is 0. The molecule has 1 aromatic heterocycles. The molecule has 84 valence electrons. The molecular formula is C12H20N2O. The van der Waals surface area contributed by atoms with Crippen molar-refractivity contribution >= 4 is 0 Å². The number of rotatable bonds is 6. The largest absolute Gasteiger partial charge is 0.478 e. The van der Waals surface area contributed by atoms with Crippen LogP contribution in [0.3, 0.4) is 0 Å². The van der Waals surface area contributed by atoms with Gasteiger partial charge in [-0.15, -0.1) is 0 Å². The quantitative estimate of drug-likeness (QED) is 0.729. The highest BCUT2D eigenvalue weighted by Gasteiger charge is 2.02. The average molecular weight is 208 g/mol. The van der Waals surface area contributed by atoms with Crippen LogP contribution in [-0.4, -0.2) is 18.6 Å². The van der Waals surface area contributed by atoms with Gasteiger partial charge in [0.1, 0.15) is 0 Å². The van der Waals surface area contributed by atoms with Crippen molar-refractivity contribution in [2.24, 2.45) is 0 Å². The monoisotopic (exact) mass is 208 g/mol. The summed E-state index contributed by atoms with van der Waals surface area (Å²) in [5.74, 6) is 0.718. The summed E-state index contributed by atoms with van der Waals surface area (Å²) in [5.41, 5.74) is 1.18. The Balaban J connectivity index is 2.49. The predicted molar refractivity (Wildman–Crippen MR) is 62.1 cm³/mol. The van der Waals surface area contributed by atoms with Crippen molar-refractivity contribution in [3.05, 3.63) is 23.9 Å². The second-order valence-corrected chi connectivity index (χ2v) is 3.64. The van der Waals surface area contributed by atoms with Crippen LogP contribution in [0.2, 0.25) is 0 Å². The van der Waals surface area contributed by atoms with Crippen molar-refractivity contribution in [1.82, 2.24) is 10.3 Å². The van der Waals surface area contributed by atoms with Gasteiger partial charge in [-0.2, -0.15) is 0 Å². The third-order valence-electron chi connectivity index (χ3n) is 2.44.